The van der Waals surface area contributed by atoms with E-state index in [1.165, 1.54) is 16.7 Å². The van der Waals surface area contributed by atoms with Crippen molar-refractivity contribution in [2.45, 2.75) is 27.2 Å². The Hall–Kier alpha value is -1.11. The van der Waals surface area contributed by atoms with E-state index < -0.39 is 0 Å². The van der Waals surface area contributed by atoms with Gasteiger partial charge in [0.1, 0.15) is 0 Å². The SMILES string of the molecule is Cc1cc(C)c2c(c1C)CC2=O. The predicted molar refractivity (Wildman–Crippen MR) is 48.7 cm³/mol. The molecule has 0 amide bonds. The van der Waals surface area contributed by atoms with Crippen LogP contribution in [0.4, 0.5) is 0 Å². The first-order valence-corrected chi connectivity index (χ1v) is 4.24. The van der Waals surface area contributed by atoms with Gasteiger partial charge < -0.3 is 0 Å². The van der Waals surface area contributed by atoms with Crippen molar-refractivity contribution in [2.75, 3.05) is 0 Å². The summed E-state index contributed by atoms with van der Waals surface area (Å²) >= 11 is 0. The summed E-state index contributed by atoms with van der Waals surface area (Å²) in [4.78, 5) is 11.2. The van der Waals surface area contributed by atoms with Crippen molar-refractivity contribution in [3.8, 4) is 0 Å². The van der Waals surface area contributed by atoms with Crippen molar-refractivity contribution >= 4 is 5.78 Å². The lowest BCUT2D eigenvalue weighted by atomic mass is 9.79. The van der Waals surface area contributed by atoms with Crippen LogP contribution in [-0.2, 0) is 6.42 Å². The van der Waals surface area contributed by atoms with Gasteiger partial charge in [0.2, 0.25) is 0 Å². The fourth-order valence-electron chi connectivity index (χ4n) is 1.92. The van der Waals surface area contributed by atoms with Crippen molar-refractivity contribution in [1.29, 1.82) is 0 Å². The largest absolute Gasteiger partial charge is 0.294 e. The van der Waals surface area contributed by atoms with E-state index in [2.05, 4.69) is 19.9 Å². The monoisotopic (exact) mass is 160 g/mol. The Morgan fingerprint density at radius 2 is 1.83 bits per heavy atom. The van der Waals surface area contributed by atoms with Gasteiger partial charge in [0.25, 0.3) is 0 Å². The normalized spacial score (nSPS) is 14.1. The minimum Gasteiger partial charge on any atom is -0.294 e. The van der Waals surface area contributed by atoms with Crippen molar-refractivity contribution < 1.29 is 4.79 Å². The van der Waals surface area contributed by atoms with Crippen molar-refractivity contribution in [2.24, 2.45) is 0 Å². The van der Waals surface area contributed by atoms with Crippen LogP contribution in [0.25, 0.3) is 0 Å². The van der Waals surface area contributed by atoms with E-state index in [0.29, 0.717) is 12.2 Å². The zero-order valence-electron chi connectivity index (χ0n) is 7.69. The number of rotatable bonds is 0. The zero-order valence-corrected chi connectivity index (χ0v) is 7.69. The molecule has 1 heteroatoms. The molecule has 1 aliphatic carbocycles. The van der Waals surface area contributed by atoms with Crippen LogP contribution in [0.5, 0.6) is 0 Å². The van der Waals surface area contributed by atoms with Crippen molar-refractivity contribution in [1.82, 2.24) is 0 Å². The number of aryl methyl sites for hydroxylation is 2. The lowest BCUT2D eigenvalue weighted by molar-refractivity contribution is 0.0966. The molecule has 0 unspecified atom stereocenters. The Bertz CT molecular complexity index is 375. The van der Waals surface area contributed by atoms with E-state index in [9.17, 15) is 4.79 Å². The Morgan fingerprint density at radius 3 is 2.42 bits per heavy atom. The summed E-state index contributed by atoms with van der Waals surface area (Å²) in [5.74, 6) is 0.311. The summed E-state index contributed by atoms with van der Waals surface area (Å²) in [6.45, 7) is 6.22. The van der Waals surface area contributed by atoms with Gasteiger partial charge in [0.05, 0.1) is 0 Å². The van der Waals surface area contributed by atoms with E-state index >= 15 is 0 Å². The number of hydrogen-bond acceptors (Lipinski definition) is 1. The minimum atomic E-state index is 0.311. The highest BCUT2D eigenvalue weighted by atomic mass is 16.1. The predicted octanol–water partition coefficient (Wildman–Crippen LogP) is 2.35. The number of ketones is 1. The minimum absolute atomic E-state index is 0.311. The van der Waals surface area contributed by atoms with E-state index in [1.54, 1.807) is 0 Å². The van der Waals surface area contributed by atoms with Gasteiger partial charge in [0, 0.05) is 12.0 Å². The third kappa shape index (κ3) is 0.765. The van der Waals surface area contributed by atoms with Crippen molar-refractivity contribution in [3.63, 3.8) is 0 Å². The Labute approximate surface area is 72.4 Å². The number of carbonyl (C=O) groups is 1. The molecule has 62 valence electrons. The van der Waals surface area contributed by atoms with Gasteiger partial charge in [-0.2, -0.15) is 0 Å². The molecule has 2 rings (SSSR count). The smallest absolute Gasteiger partial charge is 0.167 e. The average molecular weight is 160 g/mol. The van der Waals surface area contributed by atoms with Crippen LogP contribution in [0.15, 0.2) is 6.07 Å². The summed E-state index contributed by atoms with van der Waals surface area (Å²) in [6, 6.07) is 2.10. The average Bonchev–Trinajstić information content (AvgIpc) is 1.96. The van der Waals surface area contributed by atoms with Gasteiger partial charge in [-0.1, -0.05) is 6.07 Å². The highest BCUT2D eigenvalue weighted by Crippen LogP contribution is 2.31. The molecule has 1 aliphatic rings. The molecule has 0 fully saturated rings. The molecule has 1 aromatic rings. The molecular weight excluding hydrogens is 148 g/mol. The topological polar surface area (TPSA) is 17.1 Å². The molecule has 0 N–H and O–H groups in total. The number of carbonyl (C=O) groups excluding carboxylic acids is 1. The fraction of sp³-hybridized carbons (Fsp3) is 0.364. The number of fused-ring (bicyclic) bond motifs is 1. The number of benzene rings is 1. The molecule has 0 aliphatic heterocycles. The maximum absolute atomic E-state index is 11.2. The van der Waals surface area contributed by atoms with Crippen LogP contribution in [0, 0.1) is 20.8 Å². The van der Waals surface area contributed by atoms with E-state index in [1.807, 2.05) is 6.92 Å². The van der Waals surface area contributed by atoms with Gasteiger partial charge in [-0.25, -0.2) is 0 Å². The van der Waals surface area contributed by atoms with Crippen LogP contribution in [-0.4, -0.2) is 5.78 Å². The highest BCUT2D eigenvalue weighted by Gasteiger charge is 2.27. The van der Waals surface area contributed by atoms with E-state index in [-0.39, 0.29) is 0 Å². The zero-order chi connectivity index (χ0) is 8.88. The molecule has 12 heavy (non-hydrogen) atoms. The first kappa shape index (κ1) is 7.53. The first-order chi connectivity index (χ1) is 5.61. The summed E-state index contributed by atoms with van der Waals surface area (Å²) in [7, 11) is 0. The van der Waals surface area contributed by atoms with Gasteiger partial charge in [0.15, 0.2) is 5.78 Å². The van der Waals surface area contributed by atoms with E-state index in [0.717, 1.165) is 11.1 Å². The molecule has 1 aromatic carbocycles. The second-order valence-electron chi connectivity index (χ2n) is 3.59. The molecule has 0 saturated carbocycles. The molecule has 0 spiro atoms. The van der Waals surface area contributed by atoms with Crippen LogP contribution in [0.2, 0.25) is 0 Å². The summed E-state index contributed by atoms with van der Waals surface area (Å²) < 4.78 is 0. The van der Waals surface area contributed by atoms with Crippen LogP contribution in [0.3, 0.4) is 0 Å². The molecule has 0 heterocycles. The van der Waals surface area contributed by atoms with E-state index in [4.69, 9.17) is 0 Å². The maximum atomic E-state index is 11.2. The number of hydrogen-bond donors (Lipinski definition) is 0. The Morgan fingerprint density at radius 1 is 1.17 bits per heavy atom. The third-order valence-electron chi connectivity index (χ3n) is 2.79. The number of Topliss-reactive ketones (excluding diaryl/α,β-unsaturated/α-hetero) is 1. The third-order valence-corrected chi connectivity index (χ3v) is 2.79. The molecular formula is C11H12O. The van der Waals surface area contributed by atoms with Gasteiger partial charge in [-0.3, -0.25) is 4.79 Å². The first-order valence-electron chi connectivity index (χ1n) is 4.24. The Kier molecular flexibility index (Phi) is 1.38. The maximum Gasteiger partial charge on any atom is 0.167 e. The quantitative estimate of drug-likeness (QED) is 0.569. The lowest BCUT2D eigenvalue weighted by Gasteiger charge is -2.23. The summed E-state index contributed by atoms with van der Waals surface area (Å²) in [5, 5.41) is 0. The van der Waals surface area contributed by atoms with Crippen LogP contribution >= 0.6 is 0 Å². The lowest BCUT2D eigenvalue weighted by Crippen LogP contribution is -2.22. The van der Waals surface area contributed by atoms with Gasteiger partial charge in [-0.15, -0.1) is 0 Å². The molecule has 0 bridgehead atoms. The molecule has 0 atom stereocenters. The molecule has 0 aromatic heterocycles. The van der Waals surface area contributed by atoms with Gasteiger partial charge >= 0.3 is 0 Å². The van der Waals surface area contributed by atoms with Crippen LogP contribution < -0.4 is 0 Å². The second-order valence-corrected chi connectivity index (χ2v) is 3.59. The standard InChI is InChI=1S/C11H12O/c1-6-4-7(2)11-9(8(6)3)5-10(11)12/h4H,5H2,1-3H3. The van der Waals surface area contributed by atoms with Gasteiger partial charge in [-0.05, 0) is 43.0 Å². The van der Waals surface area contributed by atoms with Crippen molar-refractivity contribution in [3.05, 3.63) is 33.9 Å². The fourth-order valence-corrected chi connectivity index (χ4v) is 1.92. The Balaban J connectivity index is 2.75. The highest BCUT2D eigenvalue weighted by molar-refractivity contribution is 6.08. The summed E-state index contributed by atoms with van der Waals surface area (Å²) in [5.41, 5.74) is 6.01. The molecule has 0 saturated heterocycles. The van der Waals surface area contributed by atoms with Crippen LogP contribution in [0.1, 0.15) is 32.6 Å². The molecule has 0 radical (unpaired) electrons. The molecule has 1 nitrogen and oxygen atoms in total. The second kappa shape index (κ2) is 2.19. The summed E-state index contributed by atoms with van der Waals surface area (Å²) in [6.07, 6.45) is 0.656.